The zero-order chi connectivity index (χ0) is 13.1. The van der Waals surface area contributed by atoms with Crippen LogP contribution in [0.1, 0.15) is 28.6 Å². The summed E-state index contributed by atoms with van der Waals surface area (Å²) >= 11 is 1.49. The van der Waals surface area contributed by atoms with E-state index in [-0.39, 0.29) is 11.8 Å². The van der Waals surface area contributed by atoms with Gasteiger partial charge in [-0.15, -0.1) is 11.3 Å². The van der Waals surface area contributed by atoms with Crippen molar-refractivity contribution in [3.63, 3.8) is 0 Å². The lowest BCUT2D eigenvalue weighted by molar-refractivity contribution is -0.128. The van der Waals surface area contributed by atoms with Crippen molar-refractivity contribution in [2.75, 3.05) is 26.2 Å². The average molecular weight is 266 g/mol. The monoisotopic (exact) mass is 266 g/mol. The summed E-state index contributed by atoms with van der Waals surface area (Å²) in [5, 5.41) is 1.95. The maximum Gasteiger partial charge on any atom is 0.264 e. The van der Waals surface area contributed by atoms with Crippen LogP contribution in [0.15, 0.2) is 11.4 Å². The predicted octanol–water partition coefficient (Wildman–Crippen LogP) is 1.75. The van der Waals surface area contributed by atoms with Crippen molar-refractivity contribution in [2.45, 2.75) is 20.3 Å². The minimum atomic E-state index is 0.0941. The van der Waals surface area contributed by atoms with Gasteiger partial charge in [0.05, 0.1) is 4.88 Å². The highest BCUT2D eigenvalue weighted by Crippen LogP contribution is 2.18. The van der Waals surface area contributed by atoms with Crippen molar-refractivity contribution in [1.82, 2.24) is 9.80 Å². The largest absolute Gasteiger partial charge is 0.341 e. The number of hydrogen-bond acceptors (Lipinski definition) is 3. The summed E-state index contributed by atoms with van der Waals surface area (Å²) in [5.41, 5.74) is 1.04. The fourth-order valence-corrected chi connectivity index (χ4v) is 3.06. The van der Waals surface area contributed by atoms with Gasteiger partial charge < -0.3 is 9.80 Å². The molecular weight excluding hydrogens is 248 g/mol. The van der Waals surface area contributed by atoms with Crippen molar-refractivity contribution < 1.29 is 9.59 Å². The van der Waals surface area contributed by atoms with E-state index in [1.165, 1.54) is 11.3 Å². The van der Waals surface area contributed by atoms with Gasteiger partial charge in [-0.3, -0.25) is 9.59 Å². The van der Waals surface area contributed by atoms with E-state index in [1.807, 2.05) is 28.2 Å². The highest BCUT2D eigenvalue weighted by atomic mass is 32.1. The van der Waals surface area contributed by atoms with E-state index in [9.17, 15) is 9.59 Å². The topological polar surface area (TPSA) is 40.6 Å². The van der Waals surface area contributed by atoms with Gasteiger partial charge in [0.25, 0.3) is 5.91 Å². The molecule has 5 heteroatoms. The fraction of sp³-hybridized carbons (Fsp3) is 0.538. The van der Waals surface area contributed by atoms with Crippen LogP contribution in [-0.4, -0.2) is 47.8 Å². The van der Waals surface area contributed by atoms with Crippen LogP contribution in [0, 0.1) is 6.92 Å². The molecule has 1 aliphatic heterocycles. The van der Waals surface area contributed by atoms with Crippen molar-refractivity contribution in [1.29, 1.82) is 0 Å². The van der Waals surface area contributed by atoms with Gasteiger partial charge >= 0.3 is 0 Å². The molecule has 1 fully saturated rings. The SMILES string of the molecule is CC(=O)N1CCCN(C(=O)c2sccc2C)CC1. The molecule has 0 saturated carbocycles. The molecule has 0 aromatic carbocycles. The molecule has 18 heavy (non-hydrogen) atoms. The minimum Gasteiger partial charge on any atom is -0.341 e. The summed E-state index contributed by atoms with van der Waals surface area (Å²) in [5.74, 6) is 0.199. The van der Waals surface area contributed by atoms with Crippen LogP contribution in [0.3, 0.4) is 0 Å². The highest BCUT2D eigenvalue weighted by molar-refractivity contribution is 7.12. The van der Waals surface area contributed by atoms with Crippen LogP contribution >= 0.6 is 11.3 Å². The van der Waals surface area contributed by atoms with Crippen molar-refractivity contribution in [3.05, 3.63) is 21.9 Å². The van der Waals surface area contributed by atoms with Gasteiger partial charge in [0.15, 0.2) is 0 Å². The molecule has 2 heterocycles. The molecule has 0 unspecified atom stereocenters. The Hall–Kier alpha value is -1.36. The molecular formula is C13H18N2O2S. The Morgan fingerprint density at radius 3 is 2.44 bits per heavy atom. The molecule has 0 radical (unpaired) electrons. The first kappa shape index (κ1) is 13.1. The number of aryl methyl sites for hydroxylation is 1. The van der Waals surface area contributed by atoms with Crippen molar-refractivity contribution >= 4 is 23.2 Å². The molecule has 4 nitrogen and oxygen atoms in total. The van der Waals surface area contributed by atoms with Crippen LogP contribution in [0.4, 0.5) is 0 Å². The first-order valence-electron chi connectivity index (χ1n) is 6.18. The van der Waals surface area contributed by atoms with E-state index in [2.05, 4.69) is 0 Å². The highest BCUT2D eigenvalue weighted by Gasteiger charge is 2.22. The lowest BCUT2D eigenvalue weighted by Crippen LogP contribution is -2.36. The lowest BCUT2D eigenvalue weighted by Gasteiger charge is -2.21. The Kier molecular flexibility index (Phi) is 4.01. The molecule has 0 spiro atoms. The Balaban J connectivity index is 2.04. The maximum absolute atomic E-state index is 12.3. The first-order chi connectivity index (χ1) is 8.59. The third kappa shape index (κ3) is 2.72. The third-order valence-electron chi connectivity index (χ3n) is 3.28. The van der Waals surface area contributed by atoms with Gasteiger partial charge in [0.1, 0.15) is 0 Å². The van der Waals surface area contributed by atoms with Crippen molar-refractivity contribution in [2.24, 2.45) is 0 Å². The van der Waals surface area contributed by atoms with Gasteiger partial charge in [-0.1, -0.05) is 0 Å². The van der Waals surface area contributed by atoms with Crippen LogP contribution in [0.5, 0.6) is 0 Å². The lowest BCUT2D eigenvalue weighted by atomic mass is 10.2. The second kappa shape index (κ2) is 5.52. The molecule has 1 aromatic rings. The van der Waals surface area contributed by atoms with Gasteiger partial charge in [0, 0.05) is 33.1 Å². The minimum absolute atomic E-state index is 0.0941. The molecule has 0 aliphatic carbocycles. The van der Waals surface area contributed by atoms with Gasteiger partial charge in [0.2, 0.25) is 5.91 Å². The van der Waals surface area contributed by atoms with Gasteiger partial charge in [-0.25, -0.2) is 0 Å². The smallest absolute Gasteiger partial charge is 0.264 e. The second-order valence-electron chi connectivity index (χ2n) is 4.58. The van der Waals surface area contributed by atoms with Crippen LogP contribution < -0.4 is 0 Å². The van der Waals surface area contributed by atoms with E-state index in [0.29, 0.717) is 13.1 Å². The molecule has 2 amide bonds. The number of hydrogen-bond donors (Lipinski definition) is 0. The summed E-state index contributed by atoms with van der Waals surface area (Å²) in [6.07, 6.45) is 0.857. The quantitative estimate of drug-likeness (QED) is 0.777. The summed E-state index contributed by atoms with van der Waals surface area (Å²) in [6, 6.07) is 1.97. The first-order valence-corrected chi connectivity index (χ1v) is 7.06. The summed E-state index contributed by atoms with van der Waals surface area (Å²) in [7, 11) is 0. The van der Waals surface area contributed by atoms with Crippen molar-refractivity contribution in [3.8, 4) is 0 Å². The van der Waals surface area contributed by atoms with Crippen LogP contribution in [-0.2, 0) is 4.79 Å². The van der Waals surface area contributed by atoms with Crippen LogP contribution in [0.25, 0.3) is 0 Å². The number of thiophene rings is 1. The molecule has 0 atom stereocenters. The maximum atomic E-state index is 12.3. The fourth-order valence-electron chi connectivity index (χ4n) is 2.17. The Morgan fingerprint density at radius 2 is 1.83 bits per heavy atom. The molecule has 1 saturated heterocycles. The number of amides is 2. The third-order valence-corrected chi connectivity index (χ3v) is 4.29. The Bertz CT molecular complexity index is 456. The van der Waals surface area contributed by atoms with E-state index in [1.54, 1.807) is 6.92 Å². The molecule has 1 aromatic heterocycles. The second-order valence-corrected chi connectivity index (χ2v) is 5.50. The van der Waals surface area contributed by atoms with E-state index in [4.69, 9.17) is 0 Å². The van der Waals surface area contributed by atoms with Gasteiger partial charge in [-0.05, 0) is 30.4 Å². The number of nitrogens with zero attached hydrogens (tertiary/aromatic N) is 2. The standard InChI is InChI=1S/C13H18N2O2S/c1-10-4-9-18-12(10)13(17)15-6-3-5-14(7-8-15)11(2)16/h4,9H,3,5-8H2,1-2H3. The molecule has 0 N–H and O–H groups in total. The molecule has 98 valence electrons. The van der Waals surface area contributed by atoms with Gasteiger partial charge in [-0.2, -0.15) is 0 Å². The molecule has 1 aliphatic rings. The summed E-state index contributed by atoms with van der Waals surface area (Å²) < 4.78 is 0. The molecule has 2 rings (SSSR count). The van der Waals surface area contributed by atoms with E-state index < -0.39 is 0 Å². The van der Waals surface area contributed by atoms with Crippen LogP contribution in [0.2, 0.25) is 0 Å². The number of rotatable bonds is 1. The average Bonchev–Trinajstić information content (AvgIpc) is 2.63. The zero-order valence-corrected chi connectivity index (χ0v) is 11.6. The Labute approximate surface area is 111 Å². The molecule has 0 bridgehead atoms. The van der Waals surface area contributed by atoms with E-state index >= 15 is 0 Å². The summed E-state index contributed by atoms with van der Waals surface area (Å²) in [4.78, 5) is 28.2. The number of carbonyl (C=O) groups excluding carboxylic acids is 2. The summed E-state index contributed by atoms with van der Waals surface area (Å²) in [6.45, 7) is 6.31. The predicted molar refractivity (Wildman–Crippen MR) is 71.8 cm³/mol. The normalized spacial score (nSPS) is 16.6. The number of carbonyl (C=O) groups is 2. The van der Waals surface area contributed by atoms with E-state index in [0.717, 1.165) is 30.0 Å². The zero-order valence-electron chi connectivity index (χ0n) is 10.8. The Morgan fingerprint density at radius 1 is 1.17 bits per heavy atom.